The van der Waals surface area contributed by atoms with Gasteiger partial charge in [-0.1, -0.05) is 24.9 Å². The fraction of sp³-hybridized carbons (Fsp3) is 0.632. The SMILES string of the molecule is CCCCN1CCC(COC(=O)c2cc(Cl)c(N)c3c2OCCO3)CC1.Cl. The smallest absolute Gasteiger partial charge is 0.342 e. The number of anilines is 1. The number of likely N-dealkylation sites (tertiary alicyclic amines) is 1. The van der Waals surface area contributed by atoms with Crippen LogP contribution in [0.4, 0.5) is 5.69 Å². The topological polar surface area (TPSA) is 74.0 Å². The number of halogens is 2. The maximum Gasteiger partial charge on any atom is 0.342 e. The number of unbranched alkanes of at least 4 members (excludes halogenated alkanes) is 1. The van der Waals surface area contributed by atoms with Crippen LogP contribution in [-0.2, 0) is 4.74 Å². The summed E-state index contributed by atoms with van der Waals surface area (Å²) in [4.78, 5) is 15.1. The molecule has 6 nitrogen and oxygen atoms in total. The van der Waals surface area contributed by atoms with E-state index in [2.05, 4.69) is 11.8 Å². The molecule has 152 valence electrons. The third-order valence-electron chi connectivity index (χ3n) is 5.01. The first-order valence-corrected chi connectivity index (χ1v) is 9.75. The van der Waals surface area contributed by atoms with Gasteiger partial charge in [-0.2, -0.15) is 0 Å². The molecule has 27 heavy (non-hydrogen) atoms. The molecule has 0 aliphatic carbocycles. The van der Waals surface area contributed by atoms with Crippen LogP contribution in [0.15, 0.2) is 6.07 Å². The Morgan fingerprint density at radius 3 is 2.63 bits per heavy atom. The lowest BCUT2D eigenvalue weighted by Crippen LogP contribution is -2.36. The van der Waals surface area contributed by atoms with E-state index in [0.717, 1.165) is 32.5 Å². The monoisotopic (exact) mass is 418 g/mol. The van der Waals surface area contributed by atoms with Crippen molar-refractivity contribution in [2.75, 3.05) is 45.2 Å². The first kappa shape index (κ1) is 21.9. The number of ether oxygens (including phenoxy) is 3. The van der Waals surface area contributed by atoms with Crippen LogP contribution < -0.4 is 15.2 Å². The zero-order chi connectivity index (χ0) is 18.5. The molecule has 2 aliphatic heterocycles. The summed E-state index contributed by atoms with van der Waals surface area (Å²) < 4.78 is 16.7. The second-order valence-corrected chi connectivity index (χ2v) is 7.32. The average molecular weight is 419 g/mol. The summed E-state index contributed by atoms with van der Waals surface area (Å²) in [6.07, 6.45) is 4.57. The van der Waals surface area contributed by atoms with Gasteiger partial charge >= 0.3 is 5.97 Å². The number of hydrogen-bond donors (Lipinski definition) is 1. The molecular formula is C19H28Cl2N2O4. The number of piperidine rings is 1. The highest BCUT2D eigenvalue weighted by Gasteiger charge is 2.27. The maximum absolute atomic E-state index is 12.6. The molecule has 3 rings (SSSR count). The number of rotatable bonds is 6. The van der Waals surface area contributed by atoms with Gasteiger partial charge in [-0.15, -0.1) is 12.4 Å². The Bertz CT molecular complexity index is 649. The predicted molar refractivity (Wildman–Crippen MR) is 108 cm³/mol. The van der Waals surface area contributed by atoms with Crippen LogP contribution in [0.5, 0.6) is 11.5 Å². The summed E-state index contributed by atoms with van der Waals surface area (Å²) in [7, 11) is 0. The van der Waals surface area contributed by atoms with Gasteiger partial charge in [0.25, 0.3) is 0 Å². The van der Waals surface area contributed by atoms with Gasteiger partial charge in [-0.05, 0) is 50.9 Å². The zero-order valence-electron chi connectivity index (χ0n) is 15.7. The fourth-order valence-electron chi connectivity index (χ4n) is 3.38. The molecule has 0 unspecified atom stereocenters. The lowest BCUT2D eigenvalue weighted by molar-refractivity contribution is 0.0364. The summed E-state index contributed by atoms with van der Waals surface area (Å²) in [6.45, 7) is 6.68. The molecule has 1 fully saturated rings. The summed E-state index contributed by atoms with van der Waals surface area (Å²) in [6, 6.07) is 1.50. The molecule has 0 saturated carbocycles. The number of esters is 1. The standard InChI is InChI=1S/C19H27ClN2O4.ClH/c1-2-3-6-22-7-4-13(5-8-22)12-26-19(23)14-11-15(20)16(21)18-17(14)24-9-10-25-18;/h11,13H,2-10,12,21H2,1H3;1H. The number of fused-ring (bicyclic) bond motifs is 1. The summed E-state index contributed by atoms with van der Waals surface area (Å²) in [5.41, 5.74) is 6.48. The van der Waals surface area contributed by atoms with Crippen LogP contribution in [-0.4, -0.2) is 50.3 Å². The van der Waals surface area contributed by atoms with E-state index in [9.17, 15) is 4.79 Å². The molecule has 2 heterocycles. The van der Waals surface area contributed by atoms with E-state index in [1.165, 1.54) is 18.9 Å². The number of nitrogen functional groups attached to an aromatic ring is 1. The van der Waals surface area contributed by atoms with Gasteiger partial charge in [0.15, 0.2) is 11.5 Å². The highest BCUT2D eigenvalue weighted by atomic mass is 35.5. The van der Waals surface area contributed by atoms with Crippen LogP contribution in [0.2, 0.25) is 5.02 Å². The van der Waals surface area contributed by atoms with Crippen LogP contribution in [0.3, 0.4) is 0 Å². The number of nitrogens with two attached hydrogens (primary N) is 1. The number of benzene rings is 1. The lowest BCUT2D eigenvalue weighted by Gasteiger charge is -2.31. The van der Waals surface area contributed by atoms with Crippen LogP contribution >= 0.6 is 24.0 Å². The molecule has 1 aromatic rings. The highest BCUT2D eigenvalue weighted by Crippen LogP contribution is 2.43. The zero-order valence-corrected chi connectivity index (χ0v) is 17.2. The first-order chi connectivity index (χ1) is 12.6. The van der Waals surface area contributed by atoms with E-state index >= 15 is 0 Å². The van der Waals surface area contributed by atoms with Gasteiger partial charge < -0.3 is 24.8 Å². The Hall–Kier alpha value is -1.37. The van der Waals surface area contributed by atoms with Crippen LogP contribution in [0.25, 0.3) is 0 Å². The van der Waals surface area contributed by atoms with Crippen LogP contribution in [0, 0.1) is 5.92 Å². The van der Waals surface area contributed by atoms with Crippen molar-refractivity contribution < 1.29 is 19.0 Å². The molecule has 8 heteroatoms. The van der Waals surface area contributed by atoms with Crippen molar-refractivity contribution in [3.8, 4) is 11.5 Å². The summed E-state index contributed by atoms with van der Waals surface area (Å²) in [5, 5.41) is 0.269. The molecule has 2 N–H and O–H groups in total. The van der Waals surface area contributed by atoms with Crippen molar-refractivity contribution in [1.29, 1.82) is 0 Å². The van der Waals surface area contributed by atoms with Gasteiger partial charge in [0, 0.05) is 0 Å². The van der Waals surface area contributed by atoms with Crippen molar-refractivity contribution in [2.45, 2.75) is 32.6 Å². The quantitative estimate of drug-likeness (QED) is 0.559. The summed E-state index contributed by atoms with van der Waals surface area (Å²) >= 11 is 6.13. The number of nitrogens with zero attached hydrogens (tertiary/aromatic N) is 1. The van der Waals surface area contributed by atoms with E-state index in [-0.39, 0.29) is 28.7 Å². The van der Waals surface area contributed by atoms with Gasteiger partial charge in [-0.25, -0.2) is 4.79 Å². The molecule has 0 atom stereocenters. The van der Waals surface area contributed by atoms with Crippen molar-refractivity contribution in [2.24, 2.45) is 5.92 Å². The first-order valence-electron chi connectivity index (χ1n) is 9.37. The van der Waals surface area contributed by atoms with E-state index < -0.39 is 5.97 Å². The second-order valence-electron chi connectivity index (χ2n) is 6.91. The van der Waals surface area contributed by atoms with Crippen molar-refractivity contribution in [3.63, 3.8) is 0 Å². The van der Waals surface area contributed by atoms with E-state index in [0.29, 0.717) is 37.2 Å². The van der Waals surface area contributed by atoms with Crippen molar-refractivity contribution >= 4 is 35.7 Å². The molecule has 1 saturated heterocycles. The minimum absolute atomic E-state index is 0. The fourth-order valence-corrected chi connectivity index (χ4v) is 3.57. The Kier molecular flexibility index (Phi) is 8.32. The van der Waals surface area contributed by atoms with Gasteiger partial charge in [-0.3, -0.25) is 0 Å². The molecule has 0 amide bonds. The molecule has 2 aliphatic rings. The number of carbonyl (C=O) groups is 1. The largest absolute Gasteiger partial charge is 0.485 e. The minimum atomic E-state index is -0.443. The summed E-state index contributed by atoms with van der Waals surface area (Å²) in [5.74, 6) is 0.619. The molecule has 0 radical (unpaired) electrons. The van der Waals surface area contributed by atoms with Crippen molar-refractivity contribution in [3.05, 3.63) is 16.7 Å². The number of carbonyl (C=O) groups excluding carboxylic acids is 1. The minimum Gasteiger partial charge on any atom is -0.485 e. The number of hydrogen-bond acceptors (Lipinski definition) is 6. The van der Waals surface area contributed by atoms with Crippen LogP contribution in [0.1, 0.15) is 43.0 Å². The molecule has 0 bridgehead atoms. The van der Waals surface area contributed by atoms with Gasteiger partial charge in [0.05, 0.1) is 17.3 Å². The molecule has 0 aromatic heterocycles. The second kappa shape index (κ2) is 10.2. The Morgan fingerprint density at radius 2 is 1.96 bits per heavy atom. The Balaban J connectivity index is 0.00000261. The van der Waals surface area contributed by atoms with E-state index in [4.69, 9.17) is 31.5 Å². The van der Waals surface area contributed by atoms with Gasteiger partial charge in [0.2, 0.25) is 0 Å². The Labute approximate surface area is 171 Å². The third-order valence-corrected chi connectivity index (χ3v) is 5.32. The maximum atomic E-state index is 12.6. The predicted octanol–water partition coefficient (Wildman–Crippen LogP) is 3.78. The third kappa shape index (κ3) is 5.33. The van der Waals surface area contributed by atoms with Crippen molar-refractivity contribution in [1.82, 2.24) is 4.90 Å². The molecule has 1 aromatic carbocycles. The van der Waals surface area contributed by atoms with E-state index in [1.807, 2.05) is 0 Å². The molecular weight excluding hydrogens is 391 g/mol. The highest BCUT2D eigenvalue weighted by molar-refractivity contribution is 6.34. The molecule has 0 spiro atoms. The Morgan fingerprint density at radius 1 is 1.30 bits per heavy atom. The van der Waals surface area contributed by atoms with Gasteiger partial charge in [0.1, 0.15) is 18.8 Å². The normalized spacial score (nSPS) is 17.3. The average Bonchev–Trinajstić information content (AvgIpc) is 2.68. The van der Waals surface area contributed by atoms with E-state index in [1.54, 1.807) is 0 Å². The lowest BCUT2D eigenvalue weighted by atomic mass is 9.97.